The molecule has 2 aromatic carbocycles. The summed E-state index contributed by atoms with van der Waals surface area (Å²) in [6.45, 7) is 2.53. The number of amides is 1. The zero-order valence-electron chi connectivity index (χ0n) is 11.8. The summed E-state index contributed by atoms with van der Waals surface area (Å²) >= 11 is 0. The van der Waals surface area contributed by atoms with Crippen LogP contribution in [0.25, 0.3) is 0 Å². The Kier molecular flexibility index (Phi) is 4.90. The van der Waals surface area contributed by atoms with E-state index in [1.807, 2.05) is 42.2 Å². The minimum absolute atomic E-state index is 0.137. The summed E-state index contributed by atoms with van der Waals surface area (Å²) in [7, 11) is 0. The van der Waals surface area contributed by atoms with Crippen molar-refractivity contribution in [2.24, 2.45) is 5.73 Å². The Labute approximate surface area is 123 Å². The van der Waals surface area contributed by atoms with Crippen molar-refractivity contribution in [3.63, 3.8) is 0 Å². The molecule has 0 heterocycles. The molecule has 0 aliphatic carbocycles. The smallest absolute Gasteiger partial charge is 0.238 e. The van der Waals surface area contributed by atoms with Crippen molar-refractivity contribution in [1.29, 1.82) is 0 Å². The first-order valence-corrected chi connectivity index (χ1v) is 6.77. The first-order chi connectivity index (χ1) is 10.2. The molecule has 1 amide bonds. The second-order valence-corrected chi connectivity index (χ2v) is 4.50. The van der Waals surface area contributed by atoms with Gasteiger partial charge in [0.1, 0.15) is 5.82 Å². The monoisotopic (exact) mass is 287 g/mol. The van der Waals surface area contributed by atoms with Crippen LogP contribution in [0, 0.1) is 5.82 Å². The minimum atomic E-state index is -0.483. The molecule has 0 bridgehead atoms. The van der Waals surface area contributed by atoms with Gasteiger partial charge in [0.15, 0.2) is 0 Å². The number of rotatable bonds is 5. The molecule has 2 rings (SSSR count). The minimum Gasteiger partial charge on any atom is -0.342 e. The van der Waals surface area contributed by atoms with Crippen molar-refractivity contribution in [2.75, 3.05) is 23.3 Å². The maximum Gasteiger partial charge on any atom is 0.238 e. The van der Waals surface area contributed by atoms with Gasteiger partial charge in [0.25, 0.3) is 0 Å². The lowest BCUT2D eigenvalue weighted by Crippen LogP contribution is -2.22. The molecule has 5 heteroatoms. The fraction of sp³-hybridized carbons (Fsp3) is 0.188. The van der Waals surface area contributed by atoms with Crippen LogP contribution >= 0.6 is 0 Å². The summed E-state index contributed by atoms with van der Waals surface area (Å²) in [5, 5.41) is 2.43. The molecule has 0 saturated carbocycles. The Morgan fingerprint density at radius 2 is 1.90 bits per heavy atom. The number of hydrogen-bond acceptors (Lipinski definition) is 3. The highest BCUT2D eigenvalue weighted by Gasteiger charge is 2.11. The molecular weight excluding hydrogens is 269 g/mol. The molecule has 0 aliphatic rings. The third kappa shape index (κ3) is 3.58. The molecule has 2 aromatic rings. The van der Waals surface area contributed by atoms with Gasteiger partial charge < -0.3 is 16.0 Å². The first kappa shape index (κ1) is 15.0. The number of para-hydroxylation sites is 1. The van der Waals surface area contributed by atoms with Crippen molar-refractivity contribution >= 4 is 23.0 Å². The summed E-state index contributed by atoms with van der Waals surface area (Å²) in [6.07, 6.45) is 0. The number of anilines is 3. The molecule has 0 atom stereocenters. The number of nitrogens with one attached hydrogen (secondary N) is 1. The largest absolute Gasteiger partial charge is 0.342 e. The van der Waals surface area contributed by atoms with Crippen LogP contribution in [0.2, 0.25) is 0 Å². The normalized spacial score (nSPS) is 10.2. The lowest BCUT2D eigenvalue weighted by atomic mass is 10.2. The number of carbonyl (C=O) groups is 1. The predicted molar refractivity (Wildman–Crippen MR) is 83.2 cm³/mol. The van der Waals surface area contributed by atoms with Crippen LogP contribution in [0.5, 0.6) is 0 Å². The number of nitrogens with zero attached hydrogens (tertiary/aromatic N) is 1. The van der Waals surface area contributed by atoms with Gasteiger partial charge in [0.2, 0.25) is 5.91 Å². The van der Waals surface area contributed by atoms with E-state index < -0.39 is 11.7 Å². The summed E-state index contributed by atoms with van der Waals surface area (Å²) in [6, 6.07) is 14.5. The van der Waals surface area contributed by atoms with Crippen molar-refractivity contribution in [3.8, 4) is 0 Å². The van der Waals surface area contributed by atoms with Gasteiger partial charge in [-0.1, -0.05) is 18.2 Å². The van der Waals surface area contributed by atoms with Gasteiger partial charge in [0.05, 0.1) is 12.2 Å². The van der Waals surface area contributed by atoms with Crippen LogP contribution in [0.3, 0.4) is 0 Å². The SMILES string of the molecule is CCN(c1ccccc1)c1ccc(NC(=O)CN)c(F)c1. The van der Waals surface area contributed by atoms with Crippen molar-refractivity contribution in [1.82, 2.24) is 0 Å². The van der Waals surface area contributed by atoms with Gasteiger partial charge >= 0.3 is 0 Å². The lowest BCUT2D eigenvalue weighted by molar-refractivity contribution is -0.114. The van der Waals surface area contributed by atoms with Gasteiger partial charge in [-0.2, -0.15) is 0 Å². The van der Waals surface area contributed by atoms with E-state index in [2.05, 4.69) is 5.32 Å². The zero-order chi connectivity index (χ0) is 15.2. The summed E-state index contributed by atoms with van der Waals surface area (Å²) in [5.41, 5.74) is 7.05. The Hall–Kier alpha value is -2.40. The average molecular weight is 287 g/mol. The van der Waals surface area contributed by atoms with Gasteiger partial charge in [-0.25, -0.2) is 4.39 Å². The molecular formula is C16H18FN3O. The fourth-order valence-corrected chi connectivity index (χ4v) is 2.10. The average Bonchev–Trinajstić information content (AvgIpc) is 2.51. The summed E-state index contributed by atoms with van der Waals surface area (Å²) < 4.78 is 14.1. The van der Waals surface area contributed by atoms with Crippen molar-refractivity contribution < 1.29 is 9.18 Å². The Morgan fingerprint density at radius 1 is 1.19 bits per heavy atom. The standard InChI is InChI=1S/C16H18FN3O/c1-2-20(12-6-4-3-5-7-12)13-8-9-15(14(17)10-13)19-16(21)11-18/h3-10H,2,11,18H2,1H3,(H,19,21). The quantitative estimate of drug-likeness (QED) is 0.889. The highest BCUT2D eigenvalue weighted by Crippen LogP contribution is 2.28. The molecule has 0 aliphatic heterocycles. The fourth-order valence-electron chi connectivity index (χ4n) is 2.10. The number of nitrogens with two attached hydrogens (primary N) is 1. The molecule has 0 fully saturated rings. The third-order valence-electron chi connectivity index (χ3n) is 3.11. The lowest BCUT2D eigenvalue weighted by Gasteiger charge is -2.23. The molecule has 0 radical (unpaired) electrons. The third-order valence-corrected chi connectivity index (χ3v) is 3.11. The molecule has 0 spiro atoms. The molecule has 0 saturated heterocycles. The van der Waals surface area contributed by atoms with E-state index in [9.17, 15) is 9.18 Å². The second kappa shape index (κ2) is 6.85. The van der Waals surface area contributed by atoms with E-state index >= 15 is 0 Å². The van der Waals surface area contributed by atoms with E-state index in [1.54, 1.807) is 12.1 Å². The highest BCUT2D eigenvalue weighted by molar-refractivity contribution is 5.92. The van der Waals surface area contributed by atoms with E-state index in [1.165, 1.54) is 6.07 Å². The summed E-state index contributed by atoms with van der Waals surface area (Å²) in [4.78, 5) is 13.2. The number of halogens is 1. The Bertz CT molecular complexity index is 616. The molecule has 21 heavy (non-hydrogen) atoms. The van der Waals surface area contributed by atoms with E-state index in [4.69, 9.17) is 5.73 Å². The number of carbonyl (C=O) groups excluding carboxylic acids is 1. The van der Waals surface area contributed by atoms with Crippen LogP contribution in [0.1, 0.15) is 6.92 Å². The van der Waals surface area contributed by atoms with Crippen LogP contribution in [0.4, 0.5) is 21.5 Å². The van der Waals surface area contributed by atoms with Gasteiger partial charge in [-0.15, -0.1) is 0 Å². The predicted octanol–water partition coefficient (Wildman–Crippen LogP) is 2.88. The van der Waals surface area contributed by atoms with Crippen LogP contribution in [0.15, 0.2) is 48.5 Å². The summed E-state index contributed by atoms with van der Waals surface area (Å²) in [5.74, 6) is -0.902. The van der Waals surface area contributed by atoms with Crippen LogP contribution < -0.4 is 16.0 Å². The molecule has 0 aromatic heterocycles. The Balaban J connectivity index is 2.28. The van der Waals surface area contributed by atoms with Gasteiger partial charge in [-0.3, -0.25) is 4.79 Å². The number of benzene rings is 2. The molecule has 4 nitrogen and oxygen atoms in total. The van der Waals surface area contributed by atoms with Gasteiger partial charge in [-0.05, 0) is 37.3 Å². The molecule has 0 unspecified atom stereocenters. The van der Waals surface area contributed by atoms with Crippen LogP contribution in [-0.4, -0.2) is 19.0 Å². The highest BCUT2D eigenvalue weighted by atomic mass is 19.1. The van der Waals surface area contributed by atoms with Crippen LogP contribution in [-0.2, 0) is 4.79 Å². The van der Waals surface area contributed by atoms with E-state index in [-0.39, 0.29) is 12.2 Å². The maximum absolute atomic E-state index is 14.1. The van der Waals surface area contributed by atoms with Crippen molar-refractivity contribution in [3.05, 3.63) is 54.3 Å². The van der Waals surface area contributed by atoms with E-state index in [0.29, 0.717) is 6.54 Å². The maximum atomic E-state index is 14.1. The topological polar surface area (TPSA) is 58.4 Å². The first-order valence-electron chi connectivity index (χ1n) is 6.77. The van der Waals surface area contributed by atoms with Gasteiger partial charge in [0, 0.05) is 17.9 Å². The molecule has 3 N–H and O–H groups in total. The Morgan fingerprint density at radius 3 is 2.48 bits per heavy atom. The second-order valence-electron chi connectivity index (χ2n) is 4.50. The molecule has 110 valence electrons. The number of hydrogen-bond donors (Lipinski definition) is 2. The van der Waals surface area contributed by atoms with E-state index in [0.717, 1.165) is 11.4 Å². The van der Waals surface area contributed by atoms with Crippen molar-refractivity contribution in [2.45, 2.75) is 6.92 Å². The zero-order valence-corrected chi connectivity index (χ0v) is 11.8.